The fourth-order valence-electron chi connectivity index (χ4n) is 4.69. The van der Waals surface area contributed by atoms with Crippen LogP contribution < -0.4 is 16.4 Å². The second kappa shape index (κ2) is 12.5. The SMILES string of the molecule is CCC(C)C(NC(=O)C(N)CC(=O)O)C(=O)N1CCCC1C(=O)NC(Cc1c[nH]c2ccccc12)C(=O)O. The van der Waals surface area contributed by atoms with E-state index < -0.39 is 60.2 Å². The van der Waals surface area contributed by atoms with Crippen molar-refractivity contribution in [3.05, 3.63) is 36.0 Å². The molecule has 2 heterocycles. The monoisotopic (exact) mass is 529 g/mol. The van der Waals surface area contributed by atoms with E-state index in [9.17, 15) is 29.1 Å². The van der Waals surface area contributed by atoms with Gasteiger partial charge in [-0.3, -0.25) is 19.2 Å². The third kappa shape index (κ3) is 6.68. The smallest absolute Gasteiger partial charge is 0.326 e. The summed E-state index contributed by atoms with van der Waals surface area (Å²) in [6, 6.07) is 2.99. The number of rotatable bonds is 12. The van der Waals surface area contributed by atoms with Crippen LogP contribution in [0.3, 0.4) is 0 Å². The van der Waals surface area contributed by atoms with Gasteiger partial charge in [0.1, 0.15) is 18.1 Å². The summed E-state index contributed by atoms with van der Waals surface area (Å²) < 4.78 is 0. The van der Waals surface area contributed by atoms with E-state index in [0.717, 1.165) is 16.5 Å². The van der Waals surface area contributed by atoms with Gasteiger partial charge >= 0.3 is 11.9 Å². The molecule has 3 rings (SSSR count). The highest BCUT2D eigenvalue weighted by molar-refractivity contribution is 5.95. The number of nitrogens with one attached hydrogen (secondary N) is 3. The van der Waals surface area contributed by atoms with E-state index in [-0.39, 0.29) is 18.9 Å². The standard InChI is InChI=1S/C26H35N5O7/c1-3-14(2)22(30-23(34)17(27)12-21(32)33)25(36)31-10-6-9-20(31)24(35)29-19(26(37)38)11-15-13-28-18-8-5-4-7-16(15)18/h4-5,7-8,13-14,17,19-20,22,28H,3,6,9-12,27H2,1-2H3,(H,29,35)(H,30,34)(H,32,33)(H,37,38). The first-order chi connectivity index (χ1) is 18.0. The number of aromatic amines is 1. The number of likely N-dealkylation sites (tertiary alicyclic amines) is 1. The number of carbonyl (C=O) groups is 5. The van der Waals surface area contributed by atoms with Crippen LogP contribution in [0.2, 0.25) is 0 Å². The number of H-pyrrole nitrogens is 1. The first kappa shape index (κ1) is 28.6. The van der Waals surface area contributed by atoms with E-state index in [1.165, 1.54) is 4.90 Å². The number of benzene rings is 1. The second-order valence-corrected chi connectivity index (χ2v) is 9.73. The van der Waals surface area contributed by atoms with Gasteiger partial charge in [0.25, 0.3) is 0 Å². The Balaban J connectivity index is 1.73. The molecule has 5 unspecified atom stereocenters. The van der Waals surface area contributed by atoms with Gasteiger partial charge in [0.2, 0.25) is 17.7 Å². The average molecular weight is 530 g/mol. The van der Waals surface area contributed by atoms with E-state index in [0.29, 0.717) is 19.3 Å². The highest BCUT2D eigenvalue weighted by Crippen LogP contribution is 2.23. The highest BCUT2D eigenvalue weighted by Gasteiger charge is 2.40. The zero-order valence-electron chi connectivity index (χ0n) is 21.5. The van der Waals surface area contributed by atoms with Gasteiger partial charge in [-0.15, -0.1) is 0 Å². The molecule has 1 aromatic heterocycles. The van der Waals surface area contributed by atoms with Crippen molar-refractivity contribution in [2.24, 2.45) is 11.7 Å². The number of para-hydroxylation sites is 1. The fraction of sp³-hybridized carbons (Fsp3) is 0.500. The lowest BCUT2D eigenvalue weighted by atomic mass is 9.96. The van der Waals surface area contributed by atoms with Crippen molar-refractivity contribution < 1.29 is 34.2 Å². The van der Waals surface area contributed by atoms with E-state index >= 15 is 0 Å². The highest BCUT2D eigenvalue weighted by atomic mass is 16.4. The summed E-state index contributed by atoms with van der Waals surface area (Å²) >= 11 is 0. The van der Waals surface area contributed by atoms with E-state index in [1.54, 1.807) is 13.1 Å². The van der Waals surface area contributed by atoms with Crippen molar-refractivity contribution in [3.8, 4) is 0 Å². The number of carboxylic acid groups (broad SMARTS) is 2. The Kier molecular flexibility index (Phi) is 9.45. The van der Waals surface area contributed by atoms with Crippen LogP contribution in [0.4, 0.5) is 0 Å². The van der Waals surface area contributed by atoms with E-state index in [1.807, 2.05) is 31.2 Å². The molecule has 1 fully saturated rings. The largest absolute Gasteiger partial charge is 0.481 e. The van der Waals surface area contributed by atoms with Gasteiger partial charge in [0, 0.05) is 30.1 Å². The van der Waals surface area contributed by atoms with E-state index in [4.69, 9.17) is 10.8 Å². The number of amides is 3. The van der Waals surface area contributed by atoms with Gasteiger partial charge in [0.05, 0.1) is 12.5 Å². The number of fused-ring (bicyclic) bond motifs is 1. The zero-order valence-corrected chi connectivity index (χ0v) is 21.5. The van der Waals surface area contributed by atoms with Crippen molar-refractivity contribution >= 4 is 40.6 Å². The Morgan fingerprint density at radius 1 is 1.16 bits per heavy atom. The van der Waals surface area contributed by atoms with Crippen molar-refractivity contribution in [2.75, 3.05) is 6.54 Å². The van der Waals surface area contributed by atoms with Gasteiger partial charge < -0.3 is 36.5 Å². The molecule has 12 heteroatoms. The van der Waals surface area contributed by atoms with Crippen molar-refractivity contribution in [3.63, 3.8) is 0 Å². The number of aliphatic carboxylic acids is 2. The lowest BCUT2D eigenvalue weighted by molar-refractivity contribution is -0.145. The number of aromatic nitrogens is 1. The summed E-state index contributed by atoms with van der Waals surface area (Å²) in [7, 11) is 0. The van der Waals surface area contributed by atoms with Gasteiger partial charge in [0.15, 0.2) is 0 Å². The molecule has 1 aromatic carbocycles. The molecule has 0 spiro atoms. The molecular weight excluding hydrogens is 494 g/mol. The average Bonchev–Trinajstić information content (AvgIpc) is 3.53. The summed E-state index contributed by atoms with van der Waals surface area (Å²) in [6.07, 6.45) is 2.59. The predicted molar refractivity (Wildman–Crippen MR) is 138 cm³/mol. The Hall–Kier alpha value is -3.93. The first-order valence-corrected chi connectivity index (χ1v) is 12.7. The molecule has 0 bridgehead atoms. The van der Waals surface area contributed by atoms with E-state index in [2.05, 4.69) is 15.6 Å². The number of nitrogens with two attached hydrogens (primary N) is 1. The summed E-state index contributed by atoms with van der Waals surface area (Å²) in [5, 5.41) is 24.7. The minimum absolute atomic E-state index is 0.0543. The van der Waals surface area contributed by atoms with Crippen LogP contribution in [0, 0.1) is 5.92 Å². The summed E-state index contributed by atoms with van der Waals surface area (Å²) in [5.41, 5.74) is 7.26. The predicted octanol–water partition coefficient (Wildman–Crippen LogP) is 0.604. The van der Waals surface area contributed by atoms with Gasteiger partial charge in [-0.05, 0) is 30.4 Å². The number of carboxylic acids is 2. The fourth-order valence-corrected chi connectivity index (χ4v) is 4.69. The normalized spacial score (nSPS) is 18.4. The van der Waals surface area contributed by atoms with Gasteiger partial charge in [-0.25, -0.2) is 4.79 Å². The van der Waals surface area contributed by atoms with Crippen LogP contribution in [0.5, 0.6) is 0 Å². The second-order valence-electron chi connectivity index (χ2n) is 9.73. The molecular formula is C26H35N5O7. The molecule has 206 valence electrons. The first-order valence-electron chi connectivity index (χ1n) is 12.7. The maximum atomic E-state index is 13.5. The minimum atomic E-state index is -1.33. The molecule has 3 amide bonds. The maximum absolute atomic E-state index is 13.5. The van der Waals surface area contributed by atoms with Crippen LogP contribution in [0.1, 0.15) is 45.1 Å². The van der Waals surface area contributed by atoms with Crippen molar-refractivity contribution in [2.45, 2.75) is 70.1 Å². The van der Waals surface area contributed by atoms with Crippen molar-refractivity contribution in [1.29, 1.82) is 0 Å². The van der Waals surface area contributed by atoms with Gasteiger partial charge in [-0.2, -0.15) is 0 Å². The quantitative estimate of drug-likeness (QED) is 0.230. The molecule has 0 aliphatic carbocycles. The topological polar surface area (TPSA) is 195 Å². The van der Waals surface area contributed by atoms with Gasteiger partial charge in [-0.1, -0.05) is 38.5 Å². The molecule has 1 aliphatic heterocycles. The van der Waals surface area contributed by atoms with Crippen LogP contribution in [-0.4, -0.2) is 80.5 Å². The third-order valence-corrected chi connectivity index (χ3v) is 7.06. The molecule has 1 saturated heterocycles. The van der Waals surface area contributed by atoms with Crippen molar-refractivity contribution in [1.82, 2.24) is 20.5 Å². The Labute approximate surface area is 219 Å². The van der Waals surface area contributed by atoms with Crippen LogP contribution in [-0.2, 0) is 30.4 Å². The Bertz CT molecular complexity index is 1200. The van der Waals surface area contributed by atoms with Crippen LogP contribution in [0.25, 0.3) is 10.9 Å². The molecule has 0 saturated carbocycles. The minimum Gasteiger partial charge on any atom is -0.481 e. The van der Waals surface area contributed by atoms with Crippen LogP contribution in [0.15, 0.2) is 30.5 Å². The lowest BCUT2D eigenvalue weighted by Crippen LogP contribution is -2.58. The molecule has 1 aliphatic rings. The Morgan fingerprint density at radius 2 is 1.87 bits per heavy atom. The summed E-state index contributed by atoms with van der Waals surface area (Å²) in [4.78, 5) is 66.6. The molecule has 12 nitrogen and oxygen atoms in total. The molecule has 0 radical (unpaired) electrons. The number of hydrogen-bond donors (Lipinski definition) is 6. The Morgan fingerprint density at radius 3 is 2.53 bits per heavy atom. The third-order valence-electron chi connectivity index (χ3n) is 7.06. The summed E-state index contributed by atoms with van der Waals surface area (Å²) in [5.74, 6) is -4.60. The molecule has 38 heavy (non-hydrogen) atoms. The summed E-state index contributed by atoms with van der Waals surface area (Å²) in [6.45, 7) is 3.87. The van der Waals surface area contributed by atoms with Crippen LogP contribution >= 0.6 is 0 Å². The molecule has 5 atom stereocenters. The molecule has 2 aromatic rings. The zero-order chi connectivity index (χ0) is 28.0. The lowest BCUT2D eigenvalue weighted by Gasteiger charge is -2.32. The molecule has 7 N–H and O–H groups in total. The maximum Gasteiger partial charge on any atom is 0.326 e. The number of carbonyl (C=O) groups excluding carboxylic acids is 3. The number of hydrogen-bond acceptors (Lipinski definition) is 6. The number of nitrogens with zero attached hydrogens (tertiary/aromatic N) is 1.